The van der Waals surface area contributed by atoms with Gasteiger partial charge < -0.3 is 36.8 Å². The van der Waals surface area contributed by atoms with Crippen molar-refractivity contribution in [1.82, 2.24) is 51.4 Å². The van der Waals surface area contributed by atoms with Crippen LogP contribution >= 0.6 is 0 Å². The Kier molecular flexibility index (Phi) is 15.9. The van der Waals surface area contributed by atoms with E-state index in [9.17, 15) is 34.2 Å². The van der Waals surface area contributed by atoms with Crippen molar-refractivity contribution in [2.24, 2.45) is 0 Å². The molecule has 2 bridgehead atoms. The number of aromatic nitrogens is 3. The first-order valence-corrected chi connectivity index (χ1v) is 18.2. The number of fused-ring (bicyclic) bond motifs is 3. The van der Waals surface area contributed by atoms with E-state index in [0.29, 0.717) is 70.4 Å². The summed E-state index contributed by atoms with van der Waals surface area (Å²) in [5.41, 5.74) is 1.47. The smallest absolute Gasteiger partial charge is 0.317 e. The second-order valence-corrected chi connectivity index (χ2v) is 13.5. The summed E-state index contributed by atoms with van der Waals surface area (Å²) in [5.74, 6) is -2.27. The number of benzene rings is 1. The molecule has 4 amide bonds. The fraction of sp³-hybridized carbons (Fsp3) is 0.629. The van der Waals surface area contributed by atoms with Crippen molar-refractivity contribution < 1.29 is 34.2 Å². The maximum atomic E-state index is 13.9. The van der Waals surface area contributed by atoms with E-state index in [0.717, 1.165) is 5.56 Å². The maximum Gasteiger partial charge on any atom is 0.317 e. The predicted octanol–water partition coefficient (Wildman–Crippen LogP) is -1.38. The molecule has 5 atom stereocenters. The topological polar surface area (TPSA) is 223 Å². The van der Waals surface area contributed by atoms with E-state index < -0.39 is 48.2 Å². The van der Waals surface area contributed by atoms with Crippen LogP contribution in [-0.2, 0) is 43.4 Å². The average Bonchev–Trinajstić information content (AvgIpc) is 3.81. The molecule has 2 aliphatic heterocycles. The number of rotatable bonds is 7. The largest absolute Gasteiger partial charge is 0.480 e. The lowest BCUT2D eigenvalue weighted by atomic mass is 10.0. The number of carboxylic acids is 1. The number of aliphatic carboxylic acids is 1. The van der Waals surface area contributed by atoms with Crippen LogP contribution in [0.2, 0.25) is 0 Å². The summed E-state index contributed by atoms with van der Waals surface area (Å²) in [5, 5.41) is 44.0. The molecule has 4 rings (SSSR count). The highest BCUT2D eigenvalue weighted by Gasteiger charge is 2.39. The molecule has 1 aromatic heterocycles. The number of amides is 4. The predicted molar refractivity (Wildman–Crippen MR) is 191 cm³/mol. The van der Waals surface area contributed by atoms with Gasteiger partial charge in [0.25, 0.3) is 0 Å². The summed E-state index contributed by atoms with van der Waals surface area (Å²) in [6, 6.07) is 6.43. The molecule has 1 unspecified atom stereocenters. The molecule has 1 fully saturated rings. The first-order valence-electron chi connectivity index (χ1n) is 18.2. The van der Waals surface area contributed by atoms with Crippen LogP contribution < -0.4 is 26.6 Å². The number of nitrogens with zero attached hydrogens (tertiary/aromatic N) is 5. The summed E-state index contributed by atoms with van der Waals surface area (Å²) in [6.45, 7) is 3.33. The Balaban J connectivity index is 1.55. The van der Waals surface area contributed by atoms with Crippen molar-refractivity contribution in [1.29, 1.82) is 0 Å². The number of carbonyl (C=O) groups is 5. The molecule has 0 radical (unpaired) electrons. The highest BCUT2D eigenvalue weighted by atomic mass is 16.4. The van der Waals surface area contributed by atoms with Crippen LogP contribution in [0.25, 0.3) is 0 Å². The molecular formula is C35H54N10O7. The average molecular weight is 727 g/mol. The second kappa shape index (κ2) is 20.6. The maximum absolute atomic E-state index is 13.9. The van der Waals surface area contributed by atoms with Crippen LogP contribution in [0.3, 0.4) is 0 Å². The third-order valence-electron chi connectivity index (χ3n) is 9.56. The number of aryl methyl sites for hydroxylation is 1. The Morgan fingerprint density at radius 1 is 0.962 bits per heavy atom. The fourth-order valence-corrected chi connectivity index (χ4v) is 6.45. The molecule has 52 heavy (non-hydrogen) atoms. The van der Waals surface area contributed by atoms with Crippen LogP contribution in [0.15, 0.2) is 36.5 Å². The van der Waals surface area contributed by atoms with Crippen molar-refractivity contribution in [3.8, 4) is 0 Å². The zero-order chi connectivity index (χ0) is 37.5. The lowest BCUT2D eigenvalue weighted by molar-refractivity contribution is -0.138. The van der Waals surface area contributed by atoms with E-state index in [-0.39, 0.29) is 44.3 Å². The van der Waals surface area contributed by atoms with Crippen molar-refractivity contribution >= 4 is 29.6 Å². The lowest BCUT2D eigenvalue weighted by Crippen LogP contribution is -2.59. The summed E-state index contributed by atoms with van der Waals surface area (Å²) in [6.07, 6.45) is 4.07. The zero-order valence-corrected chi connectivity index (χ0v) is 30.1. The minimum atomic E-state index is -1.18. The quantitative estimate of drug-likeness (QED) is 0.175. The number of carboxylic acid groups (broad SMARTS) is 1. The van der Waals surface area contributed by atoms with Crippen molar-refractivity contribution in [3.05, 3.63) is 47.8 Å². The van der Waals surface area contributed by atoms with E-state index >= 15 is 0 Å². The molecule has 0 spiro atoms. The molecular weight excluding hydrogens is 672 g/mol. The van der Waals surface area contributed by atoms with E-state index in [1.165, 1.54) is 0 Å². The SMILES string of the molecule is CN[C@@H](C)C(=O)N[C@H]1CCCCNC(=O)CCc2cn(nn2)CCN(CC(=O)O)CCNC(=O)[C@H](Cc2ccccc2)NC(=O)[C@@H]2CCCN2C1O. The number of aliphatic hydroxyl groups is 1. The number of hydrogen-bond acceptors (Lipinski definition) is 11. The van der Waals surface area contributed by atoms with Gasteiger partial charge in [-0.25, -0.2) is 0 Å². The van der Waals surface area contributed by atoms with Crippen LogP contribution in [0.5, 0.6) is 0 Å². The molecule has 2 aliphatic rings. The van der Waals surface area contributed by atoms with E-state index in [4.69, 9.17) is 0 Å². The first-order chi connectivity index (χ1) is 25.0. The van der Waals surface area contributed by atoms with Crippen molar-refractivity contribution in [3.63, 3.8) is 0 Å². The van der Waals surface area contributed by atoms with Crippen molar-refractivity contribution in [2.45, 2.75) is 95.2 Å². The normalized spacial score (nSPS) is 24.6. The Labute approximate surface area is 304 Å². The number of carbonyl (C=O) groups excluding carboxylic acids is 4. The van der Waals surface area contributed by atoms with Gasteiger partial charge >= 0.3 is 5.97 Å². The summed E-state index contributed by atoms with van der Waals surface area (Å²) >= 11 is 0. The third-order valence-corrected chi connectivity index (χ3v) is 9.56. The Morgan fingerprint density at radius 2 is 1.75 bits per heavy atom. The molecule has 286 valence electrons. The van der Waals surface area contributed by atoms with Gasteiger partial charge in [0.05, 0.1) is 36.9 Å². The third kappa shape index (κ3) is 12.6. The van der Waals surface area contributed by atoms with Gasteiger partial charge in [0.1, 0.15) is 12.3 Å². The van der Waals surface area contributed by atoms with Gasteiger partial charge in [-0.3, -0.25) is 38.5 Å². The van der Waals surface area contributed by atoms with Gasteiger partial charge in [0.2, 0.25) is 23.6 Å². The molecule has 1 saturated heterocycles. The van der Waals surface area contributed by atoms with Crippen LogP contribution in [0, 0.1) is 0 Å². The highest BCUT2D eigenvalue weighted by molar-refractivity contribution is 5.90. The Bertz CT molecular complexity index is 1470. The van der Waals surface area contributed by atoms with Gasteiger partial charge in [0, 0.05) is 58.2 Å². The van der Waals surface area contributed by atoms with E-state index in [1.807, 2.05) is 30.3 Å². The van der Waals surface area contributed by atoms with Gasteiger partial charge in [-0.15, -0.1) is 5.10 Å². The van der Waals surface area contributed by atoms with Gasteiger partial charge in [0.15, 0.2) is 0 Å². The number of likely N-dealkylation sites (N-methyl/N-ethyl adjacent to an activating group) is 1. The minimum Gasteiger partial charge on any atom is -0.480 e. The Hall–Kier alpha value is -4.45. The first kappa shape index (κ1) is 40.3. The number of nitrogens with one attached hydrogen (secondary N) is 5. The highest BCUT2D eigenvalue weighted by Crippen LogP contribution is 2.23. The molecule has 17 heteroatoms. The van der Waals surface area contributed by atoms with Gasteiger partial charge in [-0.2, -0.15) is 0 Å². The lowest BCUT2D eigenvalue weighted by Gasteiger charge is -2.35. The van der Waals surface area contributed by atoms with Crippen LogP contribution in [-0.4, -0.2) is 141 Å². The molecule has 2 aromatic rings. The number of aliphatic hydroxyl groups excluding tert-OH is 1. The summed E-state index contributed by atoms with van der Waals surface area (Å²) < 4.78 is 1.60. The van der Waals surface area contributed by atoms with E-state index in [1.54, 1.807) is 34.6 Å². The second-order valence-electron chi connectivity index (χ2n) is 13.5. The fourth-order valence-electron chi connectivity index (χ4n) is 6.45. The molecule has 17 nitrogen and oxygen atoms in total. The monoisotopic (exact) mass is 726 g/mol. The van der Waals surface area contributed by atoms with Crippen LogP contribution in [0.4, 0.5) is 0 Å². The standard InChI is InChI=1S/C35H54N10O7/c1-24(36-2)32(49)39-27-11-6-7-15-37-30(46)14-13-26-22-44(42-41-26)20-19-43(23-31(47)48)18-16-38-33(50)28(21-25-9-4-3-5-10-25)40-34(51)29-12-8-17-45(29)35(27)52/h3-5,9-10,22,24,27-29,35-36,52H,6-8,11-21,23H2,1-2H3,(H,37,46)(H,38,50)(H,39,49)(H,40,51)(H,47,48)/t24-,27-,28-,29-,35?/m0/s1. The number of hydrogen-bond donors (Lipinski definition) is 7. The van der Waals surface area contributed by atoms with Crippen molar-refractivity contribution in [2.75, 3.05) is 46.3 Å². The molecule has 0 aliphatic carbocycles. The molecule has 0 saturated carbocycles. The van der Waals surface area contributed by atoms with Crippen LogP contribution in [0.1, 0.15) is 56.7 Å². The molecule has 3 heterocycles. The van der Waals surface area contributed by atoms with Gasteiger partial charge in [-0.1, -0.05) is 35.5 Å². The zero-order valence-electron chi connectivity index (χ0n) is 30.1. The van der Waals surface area contributed by atoms with Gasteiger partial charge in [-0.05, 0) is 51.6 Å². The molecule has 1 aromatic carbocycles. The van der Waals surface area contributed by atoms with E-state index in [2.05, 4.69) is 36.9 Å². The Morgan fingerprint density at radius 3 is 2.50 bits per heavy atom. The molecule has 7 N–H and O–H groups in total. The summed E-state index contributed by atoms with van der Waals surface area (Å²) in [4.78, 5) is 68.0. The minimum absolute atomic E-state index is 0.131. The summed E-state index contributed by atoms with van der Waals surface area (Å²) in [7, 11) is 1.67.